The molecule has 3 aromatic rings. The Morgan fingerprint density at radius 2 is 1.55 bits per heavy atom. The fraction of sp³-hybridized carbons (Fsp3) is 0.105. The lowest BCUT2D eigenvalue weighted by Gasteiger charge is -2.11. The molecule has 0 atom stereocenters. The molecule has 0 amide bonds. The van der Waals surface area contributed by atoms with Crippen molar-refractivity contribution < 1.29 is 4.74 Å². The SMILES string of the molecule is COc1ccc(-c2cc(C)cnc2-c2ccc(Cl)cc2)cc1. The second kappa shape index (κ2) is 6.20. The average molecular weight is 310 g/mol. The van der Waals surface area contributed by atoms with Crippen LogP contribution >= 0.6 is 11.6 Å². The summed E-state index contributed by atoms with van der Waals surface area (Å²) in [6, 6.07) is 17.9. The van der Waals surface area contributed by atoms with E-state index in [1.807, 2.05) is 49.5 Å². The van der Waals surface area contributed by atoms with Gasteiger partial charge in [-0.3, -0.25) is 4.98 Å². The fourth-order valence-electron chi connectivity index (χ4n) is 2.40. The standard InChI is InChI=1S/C19H16ClNO/c1-13-11-18(14-5-9-17(22-2)10-6-14)19(21-12-13)15-3-7-16(20)8-4-15/h3-12H,1-2H3. The van der Waals surface area contributed by atoms with E-state index in [1.165, 1.54) is 0 Å². The summed E-state index contributed by atoms with van der Waals surface area (Å²) in [5.41, 5.74) is 5.35. The second-order valence-corrected chi connectivity index (χ2v) is 5.58. The molecule has 0 spiro atoms. The Balaban J connectivity index is 2.13. The zero-order valence-corrected chi connectivity index (χ0v) is 13.3. The molecule has 0 saturated carbocycles. The van der Waals surface area contributed by atoms with Gasteiger partial charge in [0.2, 0.25) is 0 Å². The van der Waals surface area contributed by atoms with Crippen molar-refractivity contribution in [3.8, 4) is 28.1 Å². The van der Waals surface area contributed by atoms with E-state index in [1.54, 1.807) is 7.11 Å². The van der Waals surface area contributed by atoms with Crippen molar-refractivity contribution in [3.63, 3.8) is 0 Å². The molecule has 0 radical (unpaired) electrons. The van der Waals surface area contributed by atoms with Crippen LogP contribution in [0.3, 0.4) is 0 Å². The highest BCUT2D eigenvalue weighted by molar-refractivity contribution is 6.30. The van der Waals surface area contributed by atoms with Gasteiger partial charge in [0, 0.05) is 22.3 Å². The smallest absolute Gasteiger partial charge is 0.118 e. The van der Waals surface area contributed by atoms with E-state index in [2.05, 4.69) is 23.2 Å². The second-order valence-electron chi connectivity index (χ2n) is 5.14. The summed E-state index contributed by atoms with van der Waals surface area (Å²) in [6.45, 7) is 2.05. The van der Waals surface area contributed by atoms with Gasteiger partial charge in [-0.2, -0.15) is 0 Å². The van der Waals surface area contributed by atoms with Crippen molar-refractivity contribution in [2.24, 2.45) is 0 Å². The van der Waals surface area contributed by atoms with Gasteiger partial charge in [0.25, 0.3) is 0 Å². The zero-order chi connectivity index (χ0) is 15.5. The Bertz CT molecular complexity index is 780. The summed E-state index contributed by atoms with van der Waals surface area (Å²) < 4.78 is 5.23. The van der Waals surface area contributed by atoms with Crippen LogP contribution in [0.1, 0.15) is 5.56 Å². The molecule has 0 bridgehead atoms. The summed E-state index contributed by atoms with van der Waals surface area (Å²) in [4.78, 5) is 4.62. The summed E-state index contributed by atoms with van der Waals surface area (Å²) in [6.07, 6.45) is 1.89. The van der Waals surface area contributed by atoms with Gasteiger partial charge in [-0.15, -0.1) is 0 Å². The van der Waals surface area contributed by atoms with Crippen LogP contribution in [-0.4, -0.2) is 12.1 Å². The summed E-state index contributed by atoms with van der Waals surface area (Å²) in [7, 11) is 1.67. The van der Waals surface area contributed by atoms with Crippen molar-refractivity contribution in [3.05, 3.63) is 71.4 Å². The van der Waals surface area contributed by atoms with Gasteiger partial charge in [-0.05, 0) is 48.4 Å². The summed E-state index contributed by atoms with van der Waals surface area (Å²) >= 11 is 5.98. The Hall–Kier alpha value is -2.32. The molecule has 110 valence electrons. The molecule has 3 rings (SSSR count). The van der Waals surface area contributed by atoms with Crippen molar-refractivity contribution >= 4 is 11.6 Å². The van der Waals surface area contributed by atoms with E-state index >= 15 is 0 Å². The van der Waals surface area contributed by atoms with Gasteiger partial charge in [0.1, 0.15) is 5.75 Å². The largest absolute Gasteiger partial charge is 0.497 e. The molecule has 1 heterocycles. The van der Waals surface area contributed by atoms with Crippen LogP contribution < -0.4 is 4.74 Å². The maximum Gasteiger partial charge on any atom is 0.118 e. The van der Waals surface area contributed by atoms with Crippen LogP contribution in [0.4, 0.5) is 0 Å². The third-order valence-corrected chi connectivity index (χ3v) is 3.80. The number of hydrogen-bond acceptors (Lipinski definition) is 2. The molecule has 1 aromatic heterocycles. The maximum absolute atomic E-state index is 5.98. The lowest BCUT2D eigenvalue weighted by atomic mass is 9.98. The number of methoxy groups -OCH3 is 1. The van der Waals surface area contributed by atoms with E-state index in [9.17, 15) is 0 Å². The van der Waals surface area contributed by atoms with Crippen LogP contribution in [-0.2, 0) is 0 Å². The van der Waals surface area contributed by atoms with Crippen molar-refractivity contribution in [1.82, 2.24) is 4.98 Å². The zero-order valence-electron chi connectivity index (χ0n) is 12.5. The third-order valence-electron chi connectivity index (χ3n) is 3.54. The number of halogens is 1. The molecule has 22 heavy (non-hydrogen) atoms. The Kier molecular flexibility index (Phi) is 4.12. The van der Waals surface area contributed by atoms with Crippen molar-refractivity contribution in [2.45, 2.75) is 6.92 Å². The molecular weight excluding hydrogens is 294 g/mol. The minimum absolute atomic E-state index is 0.724. The van der Waals surface area contributed by atoms with Gasteiger partial charge in [0.05, 0.1) is 12.8 Å². The molecule has 0 aliphatic carbocycles. The highest BCUT2D eigenvalue weighted by Crippen LogP contribution is 2.32. The molecular formula is C19H16ClNO. The number of rotatable bonds is 3. The number of benzene rings is 2. The van der Waals surface area contributed by atoms with Crippen LogP contribution in [0.5, 0.6) is 5.75 Å². The number of nitrogens with zero attached hydrogens (tertiary/aromatic N) is 1. The molecule has 0 saturated heterocycles. The lowest BCUT2D eigenvalue weighted by Crippen LogP contribution is -1.91. The average Bonchev–Trinajstić information content (AvgIpc) is 2.56. The first-order valence-corrected chi connectivity index (χ1v) is 7.42. The number of pyridine rings is 1. The van der Waals surface area contributed by atoms with Crippen LogP contribution in [0.25, 0.3) is 22.4 Å². The van der Waals surface area contributed by atoms with E-state index in [0.717, 1.165) is 38.7 Å². The molecule has 3 heteroatoms. The maximum atomic E-state index is 5.98. The van der Waals surface area contributed by atoms with Crippen LogP contribution in [0.2, 0.25) is 5.02 Å². The normalized spacial score (nSPS) is 10.5. The predicted molar refractivity (Wildman–Crippen MR) is 91.4 cm³/mol. The highest BCUT2D eigenvalue weighted by Gasteiger charge is 2.10. The monoisotopic (exact) mass is 309 g/mol. The molecule has 2 nitrogen and oxygen atoms in total. The highest BCUT2D eigenvalue weighted by atomic mass is 35.5. The van der Waals surface area contributed by atoms with Gasteiger partial charge >= 0.3 is 0 Å². The Morgan fingerprint density at radius 1 is 0.909 bits per heavy atom. The van der Waals surface area contributed by atoms with Crippen LogP contribution in [0, 0.1) is 6.92 Å². The summed E-state index contributed by atoms with van der Waals surface area (Å²) in [5, 5.41) is 0.724. The van der Waals surface area contributed by atoms with Gasteiger partial charge in [0.15, 0.2) is 0 Å². The fourth-order valence-corrected chi connectivity index (χ4v) is 2.52. The predicted octanol–water partition coefficient (Wildman–Crippen LogP) is 5.39. The first-order chi connectivity index (χ1) is 10.7. The van der Waals surface area contributed by atoms with Gasteiger partial charge in [-0.1, -0.05) is 35.9 Å². The van der Waals surface area contributed by atoms with E-state index in [0.29, 0.717) is 0 Å². The van der Waals surface area contributed by atoms with Crippen molar-refractivity contribution in [1.29, 1.82) is 0 Å². The topological polar surface area (TPSA) is 22.1 Å². The Labute approximate surface area is 135 Å². The number of hydrogen-bond donors (Lipinski definition) is 0. The van der Waals surface area contributed by atoms with E-state index in [4.69, 9.17) is 16.3 Å². The molecule has 0 aliphatic heterocycles. The summed E-state index contributed by atoms with van der Waals surface area (Å²) in [5.74, 6) is 0.845. The van der Waals surface area contributed by atoms with Gasteiger partial charge in [-0.25, -0.2) is 0 Å². The van der Waals surface area contributed by atoms with Crippen LogP contribution in [0.15, 0.2) is 60.8 Å². The minimum atomic E-state index is 0.724. The first-order valence-electron chi connectivity index (χ1n) is 7.04. The minimum Gasteiger partial charge on any atom is -0.497 e. The lowest BCUT2D eigenvalue weighted by molar-refractivity contribution is 0.415. The van der Waals surface area contributed by atoms with Crippen molar-refractivity contribution in [2.75, 3.05) is 7.11 Å². The molecule has 0 aliphatic rings. The van der Waals surface area contributed by atoms with E-state index < -0.39 is 0 Å². The Morgan fingerprint density at radius 3 is 2.18 bits per heavy atom. The molecule has 2 aromatic carbocycles. The molecule has 0 fully saturated rings. The number of aromatic nitrogens is 1. The third kappa shape index (κ3) is 2.97. The first kappa shape index (κ1) is 14.6. The van der Waals surface area contributed by atoms with Gasteiger partial charge < -0.3 is 4.74 Å². The quantitative estimate of drug-likeness (QED) is 0.647. The number of ether oxygens (including phenoxy) is 1. The molecule has 0 N–H and O–H groups in total. The van der Waals surface area contributed by atoms with E-state index in [-0.39, 0.29) is 0 Å². The number of aryl methyl sites for hydroxylation is 1. The molecule has 0 unspecified atom stereocenters.